The molecule has 1 aliphatic rings. The zero-order valence-corrected chi connectivity index (χ0v) is 12.9. The van der Waals surface area contributed by atoms with Crippen molar-refractivity contribution in [1.29, 1.82) is 0 Å². The molecule has 5 heteroatoms. The van der Waals surface area contributed by atoms with E-state index in [4.69, 9.17) is 0 Å². The first kappa shape index (κ1) is 14.0. The van der Waals surface area contributed by atoms with Gasteiger partial charge in [0.2, 0.25) is 10.0 Å². The lowest BCUT2D eigenvalue weighted by molar-refractivity contribution is 0.281. The third-order valence-electron chi connectivity index (χ3n) is 3.28. The van der Waals surface area contributed by atoms with Crippen LogP contribution in [-0.4, -0.2) is 25.8 Å². The molecule has 1 heterocycles. The molecule has 0 aliphatic carbocycles. The Morgan fingerprint density at radius 3 is 2.61 bits per heavy atom. The van der Waals surface area contributed by atoms with Crippen LogP contribution in [0.5, 0.6) is 0 Å². The molecule has 1 aromatic carbocycles. The van der Waals surface area contributed by atoms with Gasteiger partial charge < -0.3 is 0 Å². The normalized spacial score (nSPS) is 22.0. The topological polar surface area (TPSA) is 37.4 Å². The molecule has 1 saturated heterocycles. The van der Waals surface area contributed by atoms with Crippen molar-refractivity contribution in [2.75, 3.05) is 13.1 Å². The van der Waals surface area contributed by atoms with E-state index in [1.165, 1.54) is 0 Å². The van der Waals surface area contributed by atoms with Crippen molar-refractivity contribution in [2.45, 2.75) is 25.5 Å². The summed E-state index contributed by atoms with van der Waals surface area (Å²) in [7, 11) is -3.16. The molecule has 0 N–H and O–H groups in total. The van der Waals surface area contributed by atoms with E-state index in [2.05, 4.69) is 22.9 Å². The molecule has 0 aromatic heterocycles. The fraction of sp³-hybridized carbons (Fsp3) is 0.538. The Bertz CT molecular complexity index is 498. The molecule has 0 saturated carbocycles. The van der Waals surface area contributed by atoms with Gasteiger partial charge in [-0.15, -0.1) is 0 Å². The molecule has 3 nitrogen and oxygen atoms in total. The van der Waals surface area contributed by atoms with Gasteiger partial charge >= 0.3 is 0 Å². The van der Waals surface area contributed by atoms with Crippen molar-refractivity contribution >= 4 is 26.0 Å². The van der Waals surface area contributed by atoms with Gasteiger partial charge in [0, 0.05) is 17.6 Å². The predicted octanol–water partition coefficient (Wildman–Crippen LogP) is 3.01. The van der Waals surface area contributed by atoms with Crippen LogP contribution in [0.3, 0.4) is 0 Å². The lowest BCUT2D eigenvalue weighted by Crippen LogP contribution is -2.39. The smallest absolute Gasteiger partial charge is 0.212 e. The van der Waals surface area contributed by atoms with Crippen molar-refractivity contribution in [3.63, 3.8) is 0 Å². The summed E-state index contributed by atoms with van der Waals surface area (Å²) in [6.45, 7) is 3.45. The van der Waals surface area contributed by atoms with Gasteiger partial charge in [-0.2, -0.15) is 0 Å². The summed E-state index contributed by atoms with van der Waals surface area (Å²) in [6, 6.07) is 7.47. The average molecular weight is 332 g/mol. The van der Waals surface area contributed by atoms with Gasteiger partial charge in [-0.1, -0.05) is 35.0 Å². The summed E-state index contributed by atoms with van der Waals surface area (Å²) < 4.78 is 27.2. The van der Waals surface area contributed by atoms with E-state index >= 15 is 0 Å². The highest BCUT2D eigenvalue weighted by Gasteiger charge is 2.26. The minimum absolute atomic E-state index is 0.104. The van der Waals surface area contributed by atoms with Crippen LogP contribution >= 0.6 is 15.9 Å². The number of piperidine rings is 1. The summed E-state index contributed by atoms with van der Waals surface area (Å²) in [6.07, 6.45) is 2.10. The fourth-order valence-electron chi connectivity index (χ4n) is 2.28. The lowest BCUT2D eigenvalue weighted by atomic mass is 10.0. The van der Waals surface area contributed by atoms with E-state index in [9.17, 15) is 8.42 Å². The molecular weight excluding hydrogens is 314 g/mol. The second-order valence-electron chi connectivity index (χ2n) is 4.99. The van der Waals surface area contributed by atoms with E-state index in [1.54, 1.807) is 4.31 Å². The number of hydrogen-bond donors (Lipinski definition) is 0. The number of halogens is 1. The highest BCUT2D eigenvalue weighted by Crippen LogP contribution is 2.21. The highest BCUT2D eigenvalue weighted by atomic mass is 79.9. The highest BCUT2D eigenvalue weighted by molar-refractivity contribution is 9.10. The minimum atomic E-state index is -3.16. The van der Waals surface area contributed by atoms with E-state index in [0.29, 0.717) is 19.0 Å². The van der Waals surface area contributed by atoms with E-state index in [0.717, 1.165) is 22.9 Å². The van der Waals surface area contributed by atoms with E-state index in [-0.39, 0.29) is 5.75 Å². The van der Waals surface area contributed by atoms with Crippen LogP contribution in [0.4, 0.5) is 0 Å². The van der Waals surface area contributed by atoms with Crippen LogP contribution in [0.25, 0.3) is 0 Å². The van der Waals surface area contributed by atoms with Gasteiger partial charge in [0.05, 0.1) is 5.75 Å². The van der Waals surface area contributed by atoms with Crippen molar-refractivity contribution < 1.29 is 8.42 Å². The number of nitrogens with zero attached hydrogens (tertiary/aromatic N) is 1. The Hall–Kier alpha value is -0.390. The largest absolute Gasteiger partial charge is 0.218 e. The standard InChI is InChI=1S/C13H18BrNO2S/c1-11-3-2-8-15(9-11)18(16,17)10-12-4-6-13(14)7-5-12/h4-7,11H,2-3,8-10H2,1H3/t11-/m0/s1. The van der Waals surface area contributed by atoms with Crippen LogP contribution in [0, 0.1) is 5.92 Å². The van der Waals surface area contributed by atoms with Crippen LogP contribution in [0.15, 0.2) is 28.7 Å². The fourth-order valence-corrected chi connectivity index (χ4v) is 4.23. The number of rotatable bonds is 3. The quantitative estimate of drug-likeness (QED) is 0.853. The molecule has 0 radical (unpaired) electrons. The first-order valence-corrected chi connectivity index (χ1v) is 8.60. The van der Waals surface area contributed by atoms with Crippen LogP contribution < -0.4 is 0 Å². The maximum atomic E-state index is 12.3. The number of benzene rings is 1. The Labute approximate surface area is 117 Å². The van der Waals surface area contributed by atoms with Crippen LogP contribution in [-0.2, 0) is 15.8 Å². The maximum Gasteiger partial charge on any atom is 0.218 e. The minimum Gasteiger partial charge on any atom is -0.212 e. The molecule has 1 aliphatic heterocycles. The summed E-state index contributed by atoms with van der Waals surface area (Å²) in [5.41, 5.74) is 0.844. The molecule has 1 aromatic rings. The Kier molecular flexibility index (Phi) is 4.45. The third-order valence-corrected chi connectivity index (χ3v) is 5.62. The van der Waals surface area contributed by atoms with Crippen molar-refractivity contribution in [3.8, 4) is 0 Å². The molecule has 100 valence electrons. The first-order valence-electron chi connectivity index (χ1n) is 6.19. The van der Waals surface area contributed by atoms with Crippen molar-refractivity contribution in [2.24, 2.45) is 5.92 Å². The van der Waals surface area contributed by atoms with E-state index < -0.39 is 10.0 Å². The SMILES string of the molecule is C[C@H]1CCCN(S(=O)(=O)Cc2ccc(Br)cc2)C1. The van der Waals surface area contributed by atoms with Gasteiger partial charge in [-0.3, -0.25) is 0 Å². The molecule has 1 atom stereocenters. The molecule has 0 spiro atoms. The van der Waals surface area contributed by atoms with Gasteiger partial charge in [-0.05, 0) is 36.5 Å². The summed E-state index contributed by atoms with van der Waals surface area (Å²) in [4.78, 5) is 0. The van der Waals surface area contributed by atoms with Crippen LogP contribution in [0.2, 0.25) is 0 Å². The third kappa shape index (κ3) is 3.56. The second kappa shape index (κ2) is 5.72. The molecule has 18 heavy (non-hydrogen) atoms. The molecule has 2 rings (SSSR count). The molecular formula is C13H18BrNO2S. The summed E-state index contributed by atoms with van der Waals surface area (Å²) in [5.74, 6) is 0.575. The molecule has 0 unspecified atom stereocenters. The Morgan fingerprint density at radius 2 is 2.00 bits per heavy atom. The first-order chi connectivity index (χ1) is 8.47. The molecule has 1 fully saturated rings. The zero-order valence-electron chi connectivity index (χ0n) is 10.5. The lowest BCUT2D eigenvalue weighted by Gasteiger charge is -2.30. The summed E-state index contributed by atoms with van der Waals surface area (Å²) >= 11 is 3.35. The second-order valence-corrected chi connectivity index (χ2v) is 7.87. The molecule has 0 bridgehead atoms. The maximum absolute atomic E-state index is 12.3. The predicted molar refractivity (Wildman–Crippen MR) is 76.7 cm³/mol. The van der Waals surface area contributed by atoms with Crippen molar-refractivity contribution in [3.05, 3.63) is 34.3 Å². The van der Waals surface area contributed by atoms with Gasteiger partial charge in [-0.25, -0.2) is 12.7 Å². The van der Waals surface area contributed by atoms with Crippen molar-refractivity contribution in [1.82, 2.24) is 4.31 Å². The molecule has 0 amide bonds. The Balaban J connectivity index is 2.09. The van der Waals surface area contributed by atoms with E-state index in [1.807, 2.05) is 24.3 Å². The Morgan fingerprint density at radius 1 is 1.33 bits per heavy atom. The zero-order chi connectivity index (χ0) is 13.2. The van der Waals surface area contributed by atoms with Crippen LogP contribution in [0.1, 0.15) is 25.3 Å². The average Bonchev–Trinajstić information content (AvgIpc) is 2.32. The summed E-state index contributed by atoms with van der Waals surface area (Å²) in [5, 5.41) is 0. The van der Waals surface area contributed by atoms with Gasteiger partial charge in [0.1, 0.15) is 0 Å². The monoisotopic (exact) mass is 331 g/mol. The van der Waals surface area contributed by atoms with Gasteiger partial charge in [0.25, 0.3) is 0 Å². The number of sulfonamides is 1. The van der Waals surface area contributed by atoms with Gasteiger partial charge in [0.15, 0.2) is 0 Å². The number of hydrogen-bond acceptors (Lipinski definition) is 2.